The van der Waals surface area contributed by atoms with Gasteiger partial charge in [0.25, 0.3) is 5.91 Å². The second kappa shape index (κ2) is 10.3. The highest BCUT2D eigenvalue weighted by atomic mass is 32.2. The molecule has 0 unspecified atom stereocenters. The number of carbonyl (C=O) groups excluding carboxylic acids is 1. The Labute approximate surface area is 215 Å². The number of nitrogens with one attached hydrogen (secondary N) is 1. The highest BCUT2D eigenvalue weighted by Gasteiger charge is 2.30. The Kier molecular flexibility index (Phi) is 7.31. The van der Waals surface area contributed by atoms with Crippen molar-refractivity contribution in [3.63, 3.8) is 0 Å². The van der Waals surface area contributed by atoms with Crippen molar-refractivity contribution in [2.45, 2.75) is 17.4 Å². The average molecular weight is 540 g/mol. The van der Waals surface area contributed by atoms with Gasteiger partial charge in [-0.3, -0.25) is 4.79 Å². The molecular weight excluding hydrogens is 514 g/mol. The first kappa shape index (κ1) is 26.3. The van der Waals surface area contributed by atoms with Crippen LogP contribution >= 0.6 is 0 Å². The molecule has 0 aliphatic carbocycles. The van der Waals surface area contributed by atoms with Crippen molar-refractivity contribution < 1.29 is 21.6 Å². The molecule has 4 rings (SSSR count). The lowest BCUT2D eigenvalue weighted by atomic mass is 10.1. The normalized spacial score (nSPS) is 17.5. The zero-order valence-corrected chi connectivity index (χ0v) is 21.8. The number of sulfone groups is 1. The number of hydrogen-bond acceptors (Lipinski definition) is 7. The van der Waals surface area contributed by atoms with E-state index in [9.17, 15) is 26.9 Å². The number of hydrogen-bond donors (Lipinski definition) is 1. The maximum Gasteiger partial charge on any atom is 0.262 e. The maximum atomic E-state index is 12.8. The van der Waals surface area contributed by atoms with Gasteiger partial charge < -0.3 is 5.32 Å². The minimum absolute atomic E-state index is 0.0102. The summed E-state index contributed by atoms with van der Waals surface area (Å²) in [6, 6.07) is 16.8. The minimum atomic E-state index is -3.71. The molecule has 0 saturated carbocycles. The summed E-state index contributed by atoms with van der Waals surface area (Å²) in [6.45, 7) is 0. The van der Waals surface area contributed by atoms with Gasteiger partial charge in [-0.15, -0.1) is 0 Å². The van der Waals surface area contributed by atoms with Crippen molar-refractivity contribution in [2.75, 3.05) is 25.6 Å². The molecule has 2 heterocycles. The lowest BCUT2D eigenvalue weighted by Gasteiger charge is -2.12. The molecule has 1 aromatic heterocycles. The van der Waals surface area contributed by atoms with Crippen LogP contribution in [0.1, 0.15) is 12.0 Å². The van der Waals surface area contributed by atoms with E-state index in [0.29, 0.717) is 16.8 Å². The fraction of sp³-hybridized carbons (Fsp3) is 0.240. The van der Waals surface area contributed by atoms with Gasteiger partial charge in [0.05, 0.1) is 22.1 Å². The van der Waals surface area contributed by atoms with Crippen LogP contribution in [0.5, 0.6) is 0 Å². The van der Waals surface area contributed by atoms with Gasteiger partial charge in [0.1, 0.15) is 17.3 Å². The van der Waals surface area contributed by atoms with Crippen LogP contribution in [0.25, 0.3) is 23.0 Å². The summed E-state index contributed by atoms with van der Waals surface area (Å²) in [4.78, 5) is 12.9. The average Bonchev–Trinajstić information content (AvgIpc) is 3.45. The first-order chi connectivity index (χ1) is 17.5. The summed E-state index contributed by atoms with van der Waals surface area (Å²) >= 11 is 0. The number of para-hydroxylation sites is 1. The molecule has 1 atom stereocenters. The predicted octanol–water partition coefficient (Wildman–Crippen LogP) is 2.00. The van der Waals surface area contributed by atoms with E-state index in [4.69, 9.17) is 0 Å². The zero-order chi connectivity index (χ0) is 26.8. The van der Waals surface area contributed by atoms with Gasteiger partial charge in [-0.1, -0.05) is 30.3 Å². The lowest BCUT2D eigenvalue weighted by molar-refractivity contribution is -0.117. The van der Waals surface area contributed by atoms with E-state index in [1.807, 2.05) is 36.4 Å². The third kappa shape index (κ3) is 5.80. The predicted molar refractivity (Wildman–Crippen MR) is 139 cm³/mol. The second-order valence-corrected chi connectivity index (χ2v) is 13.2. The van der Waals surface area contributed by atoms with Crippen molar-refractivity contribution in [3.05, 3.63) is 71.9 Å². The Hall–Kier alpha value is -3.79. The Morgan fingerprint density at radius 1 is 1.19 bits per heavy atom. The molecule has 0 bridgehead atoms. The van der Waals surface area contributed by atoms with Gasteiger partial charge in [-0.2, -0.15) is 10.4 Å². The lowest BCUT2D eigenvalue weighted by Crippen LogP contribution is -2.36. The van der Waals surface area contributed by atoms with Crippen molar-refractivity contribution in [1.29, 1.82) is 5.26 Å². The van der Waals surface area contributed by atoms with Gasteiger partial charge in [-0.05, 0) is 36.8 Å². The van der Waals surface area contributed by atoms with Gasteiger partial charge in [-0.25, -0.2) is 25.8 Å². The molecule has 2 aromatic carbocycles. The summed E-state index contributed by atoms with van der Waals surface area (Å²) < 4.78 is 51.6. The fourth-order valence-electron chi connectivity index (χ4n) is 3.92. The molecule has 1 saturated heterocycles. The monoisotopic (exact) mass is 539 g/mol. The number of nitriles is 1. The van der Waals surface area contributed by atoms with Gasteiger partial charge in [0, 0.05) is 37.5 Å². The van der Waals surface area contributed by atoms with Crippen LogP contribution in [0.3, 0.4) is 0 Å². The number of carbonyl (C=O) groups is 1. The molecule has 1 amide bonds. The van der Waals surface area contributed by atoms with Crippen LogP contribution < -0.4 is 5.32 Å². The Morgan fingerprint density at radius 2 is 1.92 bits per heavy atom. The third-order valence-corrected chi connectivity index (χ3v) is 9.46. The quantitative estimate of drug-likeness (QED) is 0.357. The smallest absolute Gasteiger partial charge is 0.262 e. The largest absolute Gasteiger partial charge is 0.348 e. The molecule has 12 heteroatoms. The fourth-order valence-corrected chi connectivity index (χ4v) is 6.54. The number of sulfonamides is 1. The zero-order valence-electron chi connectivity index (χ0n) is 20.2. The first-order valence-electron chi connectivity index (χ1n) is 11.3. The molecule has 1 fully saturated rings. The van der Waals surface area contributed by atoms with Crippen molar-refractivity contribution in [2.24, 2.45) is 0 Å². The summed E-state index contributed by atoms with van der Waals surface area (Å²) in [6.07, 6.45) is 3.30. The van der Waals surface area contributed by atoms with Crippen molar-refractivity contribution in [1.82, 2.24) is 19.4 Å². The Bertz CT molecular complexity index is 1620. The van der Waals surface area contributed by atoms with Crippen LogP contribution in [0, 0.1) is 11.3 Å². The first-order valence-corrected chi connectivity index (χ1v) is 14.6. The Morgan fingerprint density at radius 3 is 2.54 bits per heavy atom. The van der Waals surface area contributed by atoms with Crippen LogP contribution in [-0.4, -0.2) is 68.5 Å². The second-order valence-electron chi connectivity index (χ2n) is 8.77. The summed E-state index contributed by atoms with van der Waals surface area (Å²) in [7, 11) is -4.04. The maximum absolute atomic E-state index is 12.8. The van der Waals surface area contributed by atoms with Crippen LogP contribution in [0.15, 0.2) is 71.3 Å². The number of aromatic nitrogens is 2. The van der Waals surface area contributed by atoms with E-state index < -0.39 is 31.8 Å². The van der Waals surface area contributed by atoms with E-state index in [1.54, 1.807) is 23.0 Å². The number of benzene rings is 2. The van der Waals surface area contributed by atoms with E-state index in [1.165, 1.54) is 32.3 Å². The molecule has 1 aliphatic heterocycles. The number of rotatable bonds is 7. The molecule has 37 heavy (non-hydrogen) atoms. The summed E-state index contributed by atoms with van der Waals surface area (Å²) in [5, 5.41) is 17.0. The molecule has 10 nitrogen and oxygen atoms in total. The van der Waals surface area contributed by atoms with Gasteiger partial charge >= 0.3 is 0 Å². The molecule has 3 aromatic rings. The number of amides is 1. The van der Waals surface area contributed by atoms with E-state index in [-0.39, 0.29) is 28.4 Å². The van der Waals surface area contributed by atoms with E-state index in [2.05, 4.69) is 10.4 Å². The highest BCUT2D eigenvalue weighted by Crippen LogP contribution is 2.28. The summed E-state index contributed by atoms with van der Waals surface area (Å²) in [5.74, 6) is -0.863. The molecule has 0 radical (unpaired) electrons. The van der Waals surface area contributed by atoms with Crippen LogP contribution in [0.4, 0.5) is 0 Å². The van der Waals surface area contributed by atoms with Gasteiger partial charge in [0.15, 0.2) is 9.84 Å². The van der Waals surface area contributed by atoms with Gasteiger partial charge in [0.2, 0.25) is 10.0 Å². The highest BCUT2D eigenvalue weighted by molar-refractivity contribution is 7.91. The van der Waals surface area contributed by atoms with E-state index in [0.717, 1.165) is 9.99 Å². The van der Waals surface area contributed by atoms with E-state index >= 15 is 0 Å². The molecule has 192 valence electrons. The molecular formula is C25H25N5O5S2. The number of nitrogens with zero attached hydrogens (tertiary/aromatic N) is 4. The van der Waals surface area contributed by atoms with Crippen LogP contribution in [0.2, 0.25) is 0 Å². The molecule has 1 N–H and O–H groups in total. The molecule has 1 aliphatic rings. The van der Waals surface area contributed by atoms with Crippen LogP contribution in [-0.2, 0) is 24.7 Å². The molecule has 0 spiro atoms. The summed E-state index contributed by atoms with van der Waals surface area (Å²) in [5.41, 5.74) is 1.75. The van der Waals surface area contributed by atoms with Crippen molar-refractivity contribution in [3.8, 4) is 23.0 Å². The SMILES string of the molecule is CN(C)S(=O)(=O)c1cccc(-c2nn(-c3ccccc3)cc2/C=C(\C#N)C(=O)N[C@@H]2CCS(=O)(=O)C2)c1. The minimum Gasteiger partial charge on any atom is -0.348 e. The Balaban J connectivity index is 1.78. The van der Waals surface area contributed by atoms with Crippen molar-refractivity contribution >= 4 is 31.8 Å². The topological polar surface area (TPSA) is 142 Å². The third-order valence-electron chi connectivity index (χ3n) is 5.88. The standard InChI is InChI=1S/C25H25N5O5S2/c1-29(2)37(34,35)23-10-6-7-18(14-23)24-20(16-30(28-24)22-8-4-3-5-9-22)13-19(15-26)25(31)27-21-11-12-36(32,33)17-21/h3-10,13-14,16,21H,11-12,17H2,1-2H3,(H,27,31)/b19-13+/t21-/m1/s1.